The van der Waals surface area contributed by atoms with Gasteiger partial charge in [0, 0.05) is 24.9 Å². The van der Waals surface area contributed by atoms with Crippen LogP contribution in [-0.4, -0.2) is 55.7 Å². The van der Waals surface area contributed by atoms with E-state index in [0.717, 1.165) is 21.9 Å². The number of carbonyl (C=O) groups is 2. The second kappa shape index (κ2) is 9.96. The zero-order valence-electron chi connectivity index (χ0n) is 19.6. The van der Waals surface area contributed by atoms with Crippen molar-refractivity contribution in [2.75, 3.05) is 32.1 Å². The summed E-state index contributed by atoms with van der Waals surface area (Å²) in [5, 5.41) is -0.374. The lowest BCUT2D eigenvalue weighted by Crippen LogP contribution is -2.45. The van der Waals surface area contributed by atoms with Crippen LogP contribution < -0.4 is 9.64 Å². The van der Waals surface area contributed by atoms with Gasteiger partial charge in [-0.15, -0.1) is 11.8 Å². The number of amides is 1. The number of hydrogen-bond donors (Lipinski definition) is 0. The fourth-order valence-corrected chi connectivity index (χ4v) is 4.84. The number of ether oxygens (including phenoxy) is 2. The Labute approximate surface area is 194 Å². The Balaban J connectivity index is 2.01. The Morgan fingerprint density at radius 1 is 1.09 bits per heavy atom. The van der Waals surface area contributed by atoms with Crippen LogP contribution in [0.3, 0.4) is 0 Å². The molecule has 6 nitrogen and oxygen atoms in total. The molecule has 0 unspecified atom stereocenters. The zero-order chi connectivity index (χ0) is 23.5. The van der Waals surface area contributed by atoms with Crippen molar-refractivity contribution in [3.8, 4) is 5.75 Å². The van der Waals surface area contributed by atoms with Gasteiger partial charge in [0.2, 0.25) is 0 Å². The van der Waals surface area contributed by atoms with Crippen molar-refractivity contribution in [3.63, 3.8) is 0 Å². The molecule has 0 N–H and O–H groups in total. The summed E-state index contributed by atoms with van der Waals surface area (Å²) in [6, 6.07) is 15.5. The van der Waals surface area contributed by atoms with Gasteiger partial charge in [0.1, 0.15) is 11.4 Å². The predicted molar refractivity (Wildman–Crippen MR) is 128 cm³/mol. The first-order valence-corrected chi connectivity index (χ1v) is 11.6. The van der Waals surface area contributed by atoms with Gasteiger partial charge in [0.15, 0.2) is 6.10 Å². The molecule has 0 fully saturated rings. The first kappa shape index (κ1) is 24.1. The molecule has 1 aliphatic rings. The Kier molecular flexibility index (Phi) is 7.51. The normalized spacial score (nSPS) is 18.8. The van der Waals surface area contributed by atoms with Gasteiger partial charge < -0.3 is 19.3 Å². The quantitative estimate of drug-likeness (QED) is 0.595. The molecule has 1 amide bonds. The number of anilines is 1. The lowest BCUT2D eigenvalue weighted by atomic mass is 10.1. The molecule has 0 aromatic heterocycles. The van der Waals surface area contributed by atoms with Crippen LogP contribution in [0, 0.1) is 0 Å². The summed E-state index contributed by atoms with van der Waals surface area (Å²) in [4.78, 5) is 30.4. The molecule has 32 heavy (non-hydrogen) atoms. The third-order valence-corrected chi connectivity index (χ3v) is 6.26. The van der Waals surface area contributed by atoms with E-state index >= 15 is 0 Å². The first-order chi connectivity index (χ1) is 15.0. The van der Waals surface area contributed by atoms with Gasteiger partial charge in [-0.25, -0.2) is 0 Å². The molecule has 1 aliphatic heterocycles. The second-order valence-corrected chi connectivity index (χ2v) is 10.3. The standard InChI is InChI=1S/C25H32N2O4S/c1-17(28)30-22-23(18-11-13-19(14-12-18)31-25(2,3)4)32-21-10-8-7-9-20(21)27(24(22)29)16-15-26(5)6/h7-14,22-23H,15-16H2,1-6H3/t22-,23+/m1/s1. The lowest BCUT2D eigenvalue weighted by Gasteiger charge is -2.28. The van der Waals surface area contributed by atoms with E-state index in [1.165, 1.54) is 6.92 Å². The third-order valence-electron chi connectivity index (χ3n) is 4.89. The van der Waals surface area contributed by atoms with Gasteiger partial charge in [-0.2, -0.15) is 0 Å². The van der Waals surface area contributed by atoms with E-state index in [0.29, 0.717) is 13.1 Å². The van der Waals surface area contributed by atoms with Gasteiger partial charge in [-0.1, -0.05) is 24.3 Å². The van der Waals surface area contributed by atoms with E-state index in [2.05, 4.69) is 0 Å². The van der Waals surface area contributed by atoms with E-state index in [4.69, 9.17) is 9.47 Å². The second-order valence-electron chi connectivity index (χ2n) is 9.11. The molecule has 0 aliphatic carbocycles. The highest BCUT2D eigenvalue weighted by atomic mass is 32.2. The average molecular weight is 457 g/mol. The van der Waals surface area contributed by atoms with Gasteiger partial charge in [0.05, 0.1) is 10.9 Å². The molecule has 0 spiro atoms. The number of benzene rings is 2. The minimum Gasteiger partial charge on any atom is -0.488 e. The van der Waals surface area contributed by atoms with Crippen molar-refractivity contribution >= 4 is 29.3 Å². The third kappa shape index (κ3) is 6.04. The van der Waals surface area contributed by atoms with E-state index in [-0.39, 0.29) is 16.8 Å². The summed E-state index contributed by atoms with van der Waals surface area (Å²) >= 11 is 1.55. The molecule has 0 radical (unpaired) electrons. The molecular formula is C25H32N2O4S. The summed E-state index contributed by atoms with van der Waals surface area (Å²) in [6.45, 7) is 8.54. The highest BCUT2D eigenvalue weighted by molar-refractivity contribution is 7.99. The van der Waals surface area contributed by atoms with Crippen molar-refractivity contribution < 1.29 is 19.1 Å². The molecule has 1 heterocycles. The van der Waals surface area contributed by atoms with Crippen molar-refractivity contribution in [3.05, 3.63) is 54.1 Å². The molecule has 2 aromatic carbocycles. The van der Waals surface area contributed by atoms with Crippen LogP contribution in [0.2, 0.25) is 0 Å². The molecule has 3 rings (SSSR count). The molecular weight excluding hydrogens is 424 g/mol. The SMILES string of the molecule is CC(=O)O[C@H]1C(=O)N(CCN(C)C)c2ccccc2S[C@H]1c1ccc(OC(C)(C)C)cc1. The number of hydrogen-bond acceptors (Lipinski definition) is 6. The highest BCUT2D eigenvalue weighted by Gasteiger charge is 2.40. The van der Waals surface area contributed by atoms with Crippen LogP contribution in [0.15, 0.2) is 53.4 Å². The summed E-state index contributed by atoms with van der Waals surface area (Å²) in [7, 11) is 3.94. The Morgan fingerprint density at radius 2 is 1.75 bits per heavy atom. The fraction of sp³-hybridized carbons (Fsp3) is 0.440. The lowest BCUT2D eigenvalue weighted by molar-refractivity contribution is -0.152. The van der Waals surface area contributed by atoms with Gasteiger partial charge in [-0.3, -0.25) is 9.59 Å². The molecule has 0 bridgehead atoms. The topological polar surface area (TPSA) is 59.1 Å². The van der Waals surface area contributed by atoms with Crippen molar-refractivity contribution in [2.24, 2.45) is 0 Å². The van der Waals surface area contributed by atoms with Gasteiger partial charge in [-0.05, 0) is 64.7 Å². The van der Waals surface area contributed by atoms with Crippen molar-refractivity contribution in [1.82, 2.24) is 4.90 Å². The van der Waals surface area contributed by atoms with Crippen LogP contribution in [-0.2, 0) is 14.3 Å². The Bertz CT molecular complexity index is 953. The number of rotatable bonds is 6. The molecule has 2 atom stereocenters. The molecule has 0 saturated heterocycles. The van der Waals surface area contributed by atoms with E-state index in [1.54, 1.807) is 16.7 Å². The number of fused-ring (bicyclic) bond motifs is 1. The van der Waals surface area contributed by atoms with E-state index in [1.807, 2.05) is 88.3 Å². The van der Waals surface area contributed by atoms with E-state index < -0.39 is 12.1 Å². The van der Waals surface area contributed by atoms with Crippen molar-refractivity contribution in [1.29, 1.82) is 0 Å². The maximum atomic E-state index is 13.7. The number of nitrogens with zero attached hydrogens (tertiary/aromatic N) is 2. The predicted octanol–water partition coefficient (Wildman–Crippen LogP) is 4.54. The minimum atomic E-state index is -0.929. The Morgan fingerprint density at radius 3 is 2.34 bits per heavy atom. The van der Waals surface area contributed by atoms with Crippen LogP contribution >= 0.6 is 11.8 Å². The maximum Gasteiger partial charge on any atom is 0.303 e. The molecule has 7 heteroatoms. The first-order valence-electron chi connectivity index (χ1n) is 10.7. The number of esters is 1. The highest BCUT2D eigenvalue weighted by Crippen LogP contribution is 2.46. The maximum absolute atomic E-state index is 13.7. The fourth-order valence-electron chi connectivity index (χ4n) is 3.52. The number of carbonyl (C=O) groups excluding carboxylic acids is 2. The molecule has 172 valence electrons. The van der Waals surface area contributed by atoms with Crippen LogP contribution in [0.25, 0.3) is 0 Å². The van der Waals surface area contributed by atoms with Crippen LogP contribution in [0.5, 0.6) is 5.75 Å². The molecule has 2 aromatic rings. The van der Waals surface area contributed by atoms with Gasteiger partial charge in [0.25, 0.3) is 5.91 Å². The zero-order valence-corrected chi connectivity index (χ0v) is 20.4. The Hall–Kier alpha value is -2.51. The summed E-state index contributed by atoms with van der Waals surface area (Å²) in [6.07, 6.45) is -0.929. The van der Waals surface area contributed by atoms with Crippen molar-refractivity contribution in [2.45, 2.75) is 49.5 Å². The monoisotopic (exact) mass is 456 g/mol. The number of thioether (sulfide) groups is 1. The molecule has 0 saturated carbocycles. The number of para-hydroxylation sites is 1. The van der Waals surface area contributed by atoms with Crippen LogP contribution in [0.1, 0.15) is 38.5 Å². The van der Waals surface area contributed by atoms with E-state index in [9.17, 15) is 9.59 Å². The van der Waals surface area contributed by atoms with Crippen LogP contribution in [0.4, 0.5) is 5.69 Å². The smallest absolute Gasteiger partial charge is 0.303 e. The summed E-state index contributed by atoms with van der Waals surface area (Å²) in [5.74, 6) is 0.0721. The minimum absolute atomic E-state index is 0.209. The van der Waals surface area contributed by atoms with Gasteiger partial charge >= 0.3 is 5.97 Å². The number of likely N-dealkylation sites (N-methyl/N-ethyl adjacent to an activating group) is 1. The summed E-state index contributed by atoms with van der Waals surface area (Å²) in [5.41, 5.74) is 1.44. The average Bonchev–Trinajstić information content (AvgIpc) is 2.81. The summed E-state index contributed by atoms with van der Waals surface area (Å²) < 4.78 is 11.6. The largest absolute Gasteiger partial charge is 0.488 e.